The summed E-state index contributed by atoms with van der Waals surface area (Å²) in [6.45, 7) is 3.08. The molecule has 0 heterocycles. The van der Waals surface area contributed by atoms with E-state index in [1.54, 1.807) is 31.3 Å². The molecule has 2 rings (SSSR count). The lowest BCUT2D eigenvalue weighted by Crippen LogP contribution is -2.42. The molecule has 1 amide bonds. The fourth-order valence-electron chi connectivity index (χ4n) is 2.49. The molecule has 0 aromatic heterocycles. The quantitative estimate of drug-likeness (QED) is 0.272. The third-order valence-corrected chi connectivity index (χ3v) is 4.12. The van der Waals surface area contributed by atoms with Crippen LogP contribution in [0.1, 0.15) is 18.9 Å². The first-order valence-corrected chi connectivity index (χ1v) is 9.34. The maximum atomic E-state index is 13.3. The molecule has 9 heteroatoms. The minimum atomic E-state index is -0.508. The Morgan fingerprint density at radius 2 is 1.90 bits per heavy atom. The van der Waals surface area contributed by atoms with Crippen molar-refractivity contribution in [1.82, 2.24) is 10.6 Å². The summed E-state index contributed by atoms with van der Waals surface area (Å²) in [7, 11) is 3.01. The van der Waals surface area contributed by atoms with Crippen LogP contribution < -0.4 is 20.7 Å². The van der Waals surface area contributed by atoms with Crippen molar-refractivity contribution < 1.29 is 18.7 Å². The second kappa shape index (κ2) is 13.6. The number of rotatable bonds is 8. The third-order valence-electron chi connectivity index (χ3n) is 4.12. The van der Waals surface area contributed by atoms with E-state index >= 15 is 0 Å². The third kappa shape index (κ3) is 8.85. The van der Waals surface area contributed by atoms with Crippen molar-refractivity contribution in [3.05, 3.63) is 59.9 Å². The Morgan fingerprint density at radius 1 is 1.17 bits per heavy atom. The minimum absolute atomic E-state index is 0. The number of aliphatic imine (C=N–C) groups is 1. The van der Waals surface area contributed by atoms with E-state index in [9.17, 15) is 9.18 Å². The van der Waals surface area contributed by atoms with E-state index in [4.69, 9.17) is 4.74 Å². The monoisotopic (exact) mass is 530 g/mol. The summed E-state index contributed by atoms with van der Waals surface area (Å²) in [6.07, 6.45) is 0.125. The van der Waals surface area contributed by atoms with Gasteiger partial charge >= 0.3 is 6.09 Å². The van der Waals surface area contributed by atoms with Crippen LogP contribution in [0.2, 0.25) is 0 Å². The molecule has 1 unspecified atom stereocenters. The Hall–Kier alpha value is -2.56. The van der Waals surface area contributed by atoms with Gasteiger partial charge in [-0.2, -0.15) is 0 Å². The van der Waals surface area contributed by atoms with E-state index in [-0.39, 0.29) is 35.9 Å². The number of carbonyl (C=O) groups is 1. The number of halogens is 2. The van der Waals surface area contributed by atoms with Gasteiger partial charge in [-0.25, -0.2) is 9.18 Å². The first-order chi connectivity index (χ1) is 14.0. The number of anilines is 1. The molecule has 0 spiro atoms. The predicted molar refractivity (Wildman–Crippen MR) is 127 cm³/mol. The topological polar surface area (TPSA) is 84.0 Å². The lowest BCUT2D eigenvalue weighted by Gasteiger charge is -2.20. The standard InChI is InChI=1S/C21H27FN4O3.HI/c1-4-18(29-19-7-5-6-16(22)12-19)14-25-20(23-2)24-13-15-8-10-17(11-9-15)26-21(27)28-3;/h5-12,18H,4,13-14H2,1-3H3,(H,26,27)(H2,23,24,25);1H. The summed E-state index contributed by atoms with van der Waals surface area (Å²) in [6, 6.07) is 13.5. The van der Waals surface area contributed by atoms with E-state index in [1.165, 1.54) is 19.2 Å². The van der Waals surface area contributed by atoms with Gasteiger partial charge in [0.2, 0.25) is 0 Å². The van der Waals surface area contributed by atoms with E-state index in [2.05, 4.69) is 25.7 Å². The zero-order valence-electron chi connectivity index (χ0n) is 17.3. The molecule has 0 bridgehead atoms. The van der Waals surface area contributed by atoms with Gasteiger partial charge in [0, 0.05) is 25.3 Å². The molecule has 0 aliphatic carbocycles. The van der Waals surface area contributed by atoms with Gasteiger partial charge in [0.25, 0.3) is 0 Å². The van der Waals surface area contributed by atoms with Gasteiger partial charge in [0.15, 0.2) is 5.96 Å². The summed E-state index contributed by atoms with van der Waals surface area (Å²) in [5.41, 5.74) is 1.68. The van der Waals surface area contributed by atoms with Gasteiger partial charge in [-0.1, -0.05) is 25.1 Å². The Bertz CT molecular complexity index is 818. The highest BCUT2D eigenvalue weighted by Gasteiger charge is 2.10. The van der Waals surface area contributed by atoms with Gasteiger partial charge in [0.1, 0.15) is 17.7 Å². The van der Waals surface area contributed by atoms with Crippen LogP contribution in [0.5, 0.6) is 5.75 Å². The molecule has 0 saturated carbocycles. The molecule has 30 heavy (non-hydrogen) atoms. The van der Waals surface area contributed by atoms with Crippen LogP contribution in [0, 0.1) is 5.82 Å². The van der Waals surface area contributed by atoms with Crippen LogP contribution in [0.4, 0.5) is 14.9 Å². The maximum Gasteiger partial charge on any atom is 0.411 e. The molecule has 2 aromatic carbocycles. The van der Waals surface area contributed by atoms with Crippen molar-refractivity contribution in [3.63, 3.8) is 0 Å². The first kappa shape index (κ1) is 25.5. The van der Waals surface area contributed by atoms with Crippen LogP contribution >= 0.6 is 24.0 Å². The molecule has 0 aliphatic heterocycles. The second-order valence-corrected chi connectivity index (χ2v) is 6.23. The molecule has 1 atom stereocenters. The predicted octanol–water partition coefficient (Wildman–Crippen LogP) is 4.14. The number of nitrogens with one attached hydrogen (secondary N) is 3. The molecular formula is C21H28FIN4O3. The summed E-state index contributed by atoms with van der Waals surface area (Å²) in [5.74, 6) is 0.806. The SMILES string of the molecule is CCC(CNC(=NC)NCc1ccc(NC(=O)OC)cc1)Oc1cccc(F)c1.I. The van der Waals surface area contributed by atoms with Crippen molar-refractivity contribution in [1.29, 1.82) is 0 Å². The Kier molecular flexibility index (Phi) is 11.6. The zero-order chi connectivity index (χ0) is 21.1. The van der Waals surface area contributed by atoms with Crippen molar-refractivity contribution >= 4 is 41.7 Å². The number of hydrogen-bond acceptors (Lipinski definition) is 4. The van der Waals surface area contributed by atoms with Crippen LogP contribution in [-0.4, -0.2) is 38.9 Å². The van der Waals surface area contributed by atoms with Crippen LogP contribution in [0.15, 0.2) is 53.5 Å². The fourth-order valence-corrected chi connectivity index (χ4v) is 2.49. The minimum Gasteiger partial charge on any atom is -0.489 e. The second-order valence-electron chi connectivity index (χ2n) is 6.23. The summed E-state index contributed by atoms with van der Waals surface area (Å²) in [5, 5.41) is 9.04. The number of benzene rings is 2. The van der Waals surface area contributed by atoms with E-state index in [0.717, 1.165) is 12.0 Å². The van der Waals surface area contributed by atoms with Gasteiger partial charge in [-0.3, -0.25) is 10.3 Å². The van der Waals surface area contributed by atoms with Crippen molar-refractivity contribution in [2.24, 2.45) is 4.99 Å². The molecule has 0 radical (unpaired) electrons. The Balaban J connectivity index is 0.00000450. The molecular weight excluding hydrogens is 502 g/mol. The number of carbonyl (C=O) groups excluding carboxylic acids is 1. The van der Waals surface area contributed by atoms with E-state index in [1.807, 2.05) is 19.1 Å². The Labute approximate surface area is 193 Å². The van der Waals surface area contributed by atoms with Crippen molar-refractivity contribution in [2.75, 3.05) is 26.0 Å². The highest BCUT2D eigenvalue weighted by molar-refractivity contribution is 14.0. The maximum absolute atomic E-state index is 13.3. The number of hydrogen-bond donors (Lipinski definition) is 3. The van der Waals surface area contributed by atoms with Crippen LogP contribution in [0.3, 0.4) is 0 Å². The molecule has 7 nitrogen and oxygen atoms in total. The molecule has 0 saturated heterocycles. The molecule has 2 aromatic rings. The number of guanidine groups is 1. The average molecular weight is 530 g/mol. The number of methoxy groups -OCH3 is 1. The Morgan fingerprint density at radius 3 is 2.50 bits per heavy atom. The van der Waals surface area contributed by atoms with Crippen LogP contribution in [0.25, 0.3) is 0 Å². The van der Waals surface area contributed by atoms with Gasteiger partial charge in [-0.15, -0.1) is 24.0 Å². The molecule has 164 valence electrons. The number of amides is 1. The first-order valence-electron chi connectivity index (χ1n) is 9.34. The van der Waals surface area contributed by atoms with Gasteiger partial charge in [-0.05, 0) is 36.2 Å². The highest BCUT2D eigenvalue weighted by atomic mass is 127. The zero-order valence-corrected chi connectivity index (χ0v) is 19.6. The lowest BCUT2D eigenvalue weighted by molar-refractivity contribution is 0.187. The highest BCUT2D eigenvalue weighted by Crippen LogP contribution is 2.15. The van der Waals surface area contributed by atoms with E-state index in [0.29, 0.717) is 30.5 Å². The number of nitrogens with zero attached hydrogens (tertiary/aromatic N) is 1. The molecule has 0 fully saturated rings. The largest absolute Gasteiger partial charge is 0.489 e. The van der Waals surface area contributed by atoms with Gasteiger partial charge in [0.05, 0.1) is 13.7 Å². The van der Waals surface area contributed by atoms with Gasteiger partial charge < -0.3 is 20.1 Å². The molecule has 0 aliphatic rings. The summed E-state index contributed by atoms with van der Waals surface area (Å²) in [4.78, 5) is 15.4. The normalized spacial score (nSPS) is 11.7. The summed E-state index contributed by atoms with van der Waals surface area (Å²) < 4.78 is 23.7. The average Bonchev–Trinajstić information content (AvgIpc) is 2.73. The van der Waals surface area contributed by atoms with Crippen molar-refractivity contribution in [2.45, 2.75) is 26.0 Å². The van der Waals surface area contributed by atoms with Crippen molar-refractivity contribution in [3.8, 4) is 5.75 Å². The summed E-state index contributed by atoms with van der Waals surface area (Å²) >= 11 is 0. The smallest absolute Gasteiger partial charge is 0.411 e. The molecule has 3 N–H and O–H groups in total. The van der Waals surface area contributed by atoms with Crippen LogP contribution in [-0.2, 0) is 11.3 Å². The fraction of sp³-hybridized carbons (Fsp3) is 0.333. The van der Waals surface area contributed by atoms with E-state index < -0.39 is 6.09 Å². The lowest BCUT2D eigenvalue weighted by atomic mass is 10.2. The number of ether oxygens (including phenoxy) is 2.